The fourth-order valence-corrected chi connectivity index (χ4v) is 2.78. The molecule has 2 N–H and O–H groups in total. The molecule has 17 heavy (non-hydrogen) atoms. The van der Waals surface area contributed by atoms with E-state index in [1.165, 1.54) is 17.0 Å². The summed E-state index contributed by atoms with van der Waals surface area (Å²) in [6.45, 7) is 2.04. The molecule has 2 rings (SSSR count). The Labute approximate surface area is 105 Å². The Hall–Kier alpha value is -1.19. The molecule has 0 radical (unpaired) electrons. The lowest BCUT2D eigenvalue weighted by molar-refractivity contribution is 0.425. The maximum Gasteiger partial charge on any atom is 0.123 e. The van der Waals surface area contributed by atoms with Gasteiger partial charge in [-0.3, -0.25) is 0 Å². The van der Waals surface area contributed by atoms with Crippen molar-refractivity contribution in [1.82, 2.24) is 0 Å². The molecule has 0 bridgehead atoms. The first-order chi connectivity index (χ1) is 8.14. The number of hydrogen-bond acceptors (Lipinski definition) is 2. The van der Waals surface area contributed by atoms with Crippen molar-refractivity contribution in [2.24, 2.45) is 5.73 Å². The van der Waals surface area contributed by atoms with Crippen molar-refractivity contribution in [3.05, 3.63) is 58.0 Å². The Bertz CT molecular complexity index is 481. The molecule has 1 unspecified atom stereocenters. The van der Waals surface area contributed by atoms with E-state index in [9.17, 15) is 4.39 Å². The van der Waals surface area contributed by atoms with Gasteiger partial charge < -0.3 is 5.73 Å². The molecule has 1 heterocycles. The van der Waals surface area contributed by atoms with Crippen LogP contribution >= 0.6 is 11.3 Å². The zero-order chi connectivity index (χ0) is 12.3. The van der Waals surface area contributed by atoms with Gasteiger partial charge in [-0.2, -0.15) is 0 Å². The van der Waals surface area contributed by atoms with Crippen LogP contribution in [0.4, 0.5) is 4.39 Å². The minimum Gasteiger partial charge on any atom is -0.321 e. The number of hydrogen-bond donors (Lipinski definition) is 1. The predicted octanol–water partition coefficient (Wildman–Crippen LogP) is 3.69. The highest BCUT2D eigenvalue weighted by atomic mass is 32.1. The first-order valence-corrected chi connectivity index (χ1v) is 6.59. The smallest absolute Gasteiger partial charge is 0.123 e. The van der Waals surface area contributed by atoms with Gasteiger partial charge in [0.15, 0.2) is 0 Å². The molecule has 0 spiro atoms. The van der Waals surface area contributed by atoms with E-state index in [2.05, 4.69) is 6.07 Å². The summed E-state index contributed by atoms with van der Waals surface area (Å²) >= 11 is 1.69. The fraction of sp³-hybridized carbons (Fsp3) is 0.286. The molecule has 0 aliphatic carbocycles. The third-order valence-corrected chi connectivity index (χ3v) is 3.98. The quantitative estimate of drug-likeness (QED) is 0.878. The van der Waals surface area contributed by atoms with Crippen molar-refractivity contribution in [3.8, 4) is 0 Å². The second kappa shape index (κ2) is 4.98. The topological polar surface area (TPSA) is 26.0 Å². The first-order valence-electron chi connectivity index (χ1n) is 5.71. The van der Waals surface area contributed by atoms with Crippen LogP contribution in [0.1, 0.15) is 23.8 Å². The normalized spacial score (nSPS) is 14.5. The Morgan fingerprint density at radius 2 is 2.12 bits per heavy atom. The number of benzene rings is 1. The highest BCUT2D eigenvalue weighted by Gasteiger charge is 2.26. The Kier molecular flexibility index (Phi) is 3.60. The lowest BCUT2D eigenvalue weighted by Crippen LogP contribution is -2.38. The van der Waals surface area contributed by atoms with Crippen molar-refractivity contribution >= 4 is 11.3 Å². The van der Waals surface area contributed by atoms with Gasteiger partial charge in [-0.25, -0.2) is 4.39 Å². The van der Waals surface area contributed by atoms with Crippen molar-refractivity contribution in [1.29, 1.82) is 0 Å². The van der Waals surface area contributed by atoms with E-state index >= 15 is 0 Å². The fourth-order valence-electron chi connectivity index (χ4n) is 1.95. The van der Waals surface area contributed by atoms with Gasteiger partial charge in [0, 0.05) is 16.8 Å². The summed E-state index contributed by atoms with van der Waals surface area (Å²) in [5.41, 5.74) is 6.81. The van der Waals surface area contributed by atoms with Gasteiger partial charge in [0.2, 0.25) is 0 Å². The molecule has 90 valence electrons. The lowest BCUT2D eigenvalue weighted by atomic mass is 9.84. The molecule has 2 aromatic rings. The molecule has 0 aliphatic heterocycles. The van der Waals surface area contributed by atoms with Crippen LogP contribution in [0.2, 0.25) is 0 Å². The van der Waals surface area contributed by atoms with E-state index in [1.807, 2.05) is 24.4 Å². The second-order valence-corrected chi connectivity index (χ2v) is 5.31. The third-order valence-electron chi connectivity index (χ3n) is 3.10. The van der Waals surface area contributed by atoms with E-state index in [-0.39, 0.29) is 5.82 Å². The molecule has 1 nitrogen and oxygen atoms in total. The molecule has 0 aliphatic rings. The number of halogens is 1. The average molecular weight is 249 g/mol. The minimum atomic E-state index is -0.479. The first kappa shape index (κ1) is 12.3. The molecule has 0 saturated heterocycles. The number of thiophene rings is 1. The Morgan fingerprint density at radius 3 is 2.71 bits per heavy atom. The van der Waals surface area contributed by atoms with Crippen molar-refractivity contribution in [2.75, 3.05) is 0 Å². The van der Waals surface area contributed by atoms with E-state index in [0.717, 1.165) is 18.4 Å². The lowest BCUT2D eigenvalue weighted by Gasteiger charge is -2.28. The molecular weight excluding hydrogens is 233 g/mol. The second-order valence-electron chi connectivity index (χ2n) is 4.28. The molecule has 0 saturated carbocycles. The van der Waals surface area contributed by atoms with E-state index < -0.39 is 5.54 Å². The highest BCUT2D eigenvalue weighted by molar-refractivity contribution is 7.09. The third kappa shape index (κ3) is 2.73. The van der Waals surface area contributed by atoms with Crippen LogP contribution in [0.15, 0.2) is 41.8 Å². The molecule has 1 aromatic carbocycles. The highest BCUT2D eigenvalue weighted by Crippen LogP contribution is 2.28. The van der Waals surface area contributed by atoms with Crippen molar-refractivity contribution in [3.63, 3.8) is 0 Å². The maximum atomic E-state index is 13.3. The minimum absolute atomic E-state index is 0.225. The van der Waals surface area contributed by atoms with Crippen LogP contribution in [0.25, 0.3) is 0 Å². The van der Waals surface area contributed by atoms with Crippen LogP contribution in [-0.2, 0) is 12.0 Å². The molecule has 1 aromatic heterocycles. The standard InChI is InChI=1S/C14H16FNS/c1-2-14(16,10-13-7-4-8-17-13)11-5-3-6-12(15)9-11/h3-9H,2,10,16H2,1H3. The molecular formula is C14H16FNS. The SMILES string of the molecule is CCC(N)(Cc1cccs1)c1cccc(F)c1. The van der Waals surface area contributed by atoms with Gasteiger partial charge in [0.05, 0.1) is 0 Å². The van der Waals surface area contributed by atoms with Crippen molar-refractivity contribution in [2.45, 2.75) is 25.3 Å². The van der Waals surface area contributed by atoms with Gasteiger partial charge in [-0.15, -0.1) is 11.3 Å². The monoisotopic (exact) mass is 249 g/mol. The van der Waals surface area contributed by atoms with Crippen LogP contribution in [-0.4, -0.2) is 0 Å². The summed E-state index contributed by atoms with van der Waals surface area (Å²) in [6, 6.07) is 10.7. The van der Waals surface area contributed by atoms with Gasteiger partial charge in [-0.1, -0.05) is 25.1 Å². The largest absolute Gasteiger partial charge is 0.321 e. The summed E-state index contributed by atoms with van der Waals surface area (Å²) in [5.74, 6) is -0.225. The van der Waals surface area contributed by atoms with Gasteiger partial charge in [0.1, 0.15) is 5.82 Å². The molecule has 3 heteroatoms. The number of nitrogens with two attached hydrogens (primary N) is 1. The zero-order valence-corrected chi connectivity index (χ0v) is 10.6. The van der Waals surface area contributed by atoms with Crippen molar-refractivity contribution < 1.29 is 4.39 Å². The average Bonchev–Trinajstić information content (AvgIpc) is 2.81. The van der Waals surface area contributed by atoms with Crippen LogP contribution in [0.3, 0.4) is 0 Å². The summed E-state index contributed by atoms with van der Waals surface area (Å²) in [6.07, 6.45) is 1.54. The van der Waals surface area contributed by atoms with Crippen LogP contribution in [0, 0.1) is 5.82 Å². The predicted molar refractivity (Wildman–Crippen MR) is 70.6 cm³/mol. The summed E-state index contributed by atoms with van der Waals surface area (Å²) in [4.78, 5) is 1.23. The Balaban J connectivity index is 2.30. The summed E-state index contributed by atoms with van der Waals surface area (Å²) in [7, 11) is 0. The van der Waals surface area contributed by atoms with Gasteiger partial charge >= 0.3 is 0 Å². The Morgan fingerprint density at radius 1 is 1.29 bits per heavy atom. The maximum absolute atomic E-state index is 13.3. The molecule has 0 amide bonds. The van der Waals surface area contributed by atoms with Gasteiger partial charge in [-0.05, 0) is 35.6 Å². The van der Waals surface area contributed by atoms with Gasteiger partial charge in [0.25, 0.3) is 0 Å². The molecule has 0 fully saturated rings. The zero-order valence-electron chi connectivity index (χ0n) is 9.82. The summed E-state index contributed by atoms with van der Waals surface area (Å²) in [5, 5.41) is 2.04. The van der Waals surface area contributed by atoms with E-state index in [1.54, 1.807) is 17.4 Å². The van der Waals surface area contributed by atoms with Crippen LogP contribution in [0.5, 0.6) is 0 Å². The molecule has 1 atom stereocenters. The number of rotatable bonds is 4. The van der Waals surface area contributed by atoms with E-state index in [0.29, 0.717) is 0 Å². The van der Waals surface area contributed by atoms with E-state index in [4.69, 9.17) is 5.73 Å². The van der Waals surface area contributed by atoms with Crippen LogP contribution < -0.4 is 5.73 Å². The summed E-state index contributed by atoms with van der Waals surface area (Å²) < 4.78 is 13.3.